The van der Waals surface area contributed by atoms with Gasteiger partial charge in [-0.05, 0) is 60.7 Å². The van der Waals surface area contributed by atoms with Crippen molar-refractivity contribution >= 4 is 46.3 Å². The van der Waals surface area contributed by atoms with Crippen LogP contribution in [0.2, 0.25) is 5.02 Å². The summed E-state index contributed by atoms with van der Waals surface area (Å²) in [5.41, 5.74) is 0.871. The second-order valence-electron chi connectivity index (χ2n) is 5.51. The summed E-state index contributed by atoms with van der Waals surface area (Å²) >= 11 is 6.71. The number of alkyl halides is 2. The number of thioether (sulfide) groups is 1. The lowest BCUT2D eigenvalue weighted by Crippen LogP contribution is -2.27. The Hall–Kier alpha value is -2.58. The van der Waals surface area contributed by atoms with E-state index in [9.17, 15) is 18.4 Å². The normalized spacial score (nSPS) is 15.6. The van der Waals surface area contributed by atoms with E-state index in [2.05, 4.69) is 4.74 Å². The molecule has 1 saturated heterocycles. The maximum Gasteiger partial charge on any atom is 0.387 e. The van der Waals surface area contributed by atoms with Gasteiger partial charge >= 0.3 is 6.61 Å². The minimum atomic E-state index is -2.99. The molecular formula is C19H14ClF2NO4S. The summed E-state index contributed by atoms with van der Waals surface area (Å²) in [6.07, 6.45) is 1.49. The first-order valence-corrected chi connectivity index (χ1v) is 9.33. The summed E-state index contributed by atoms with van der Waals surface area (Å²) in [6, 6.07) is 10.7. The molecular weight excluding hydrogens is 412 g/mol. The van der Waals surface area contributed by atoms with Crippen molar-refractivity contribution in [2.24, 2.45) is 0 Å². The van der Waals surface area contributed by atoms with Crippen LogP contribution in [-0.4, -0.2) is 24.4 Å². The van der Waals surface area contributed by atoms with Gasteiger partial charge in [0.15, 0.2) is 11.5 Å². The van der Waals surface area contributed by atoms with Crippen LogP contribution in [0.5, 0.6) is 11.5 Å². The third kappa shape index (κ3) is 4.45. The van der Waals surface area contributed by atoms with Crippen molar-refractivity contribution in [2.45, 2.75) is 13.5 Å². The summed E-state index contributed by atoms with van der Waals surface area (Å²) < 4.78 is 34.8. The maximum absolute atomic E-state index is 12.7. The third-order valence-electron chi connectivity index (χ3n) is 3.64. The van der Waals surface area contributed by atoms with Crippen LogP contribution in [0.25, 0.3) is 6.08 Å². The zero-order valence-electron chi connectivity index (χ0n) is 14.5. The molecule has 0 unspecified atom stereocenters. The maximum atomic E-state index is 12.7. The van der Waals surface area contributed by atoms with Crippen molar-refractivity contribution in [2.75, 3.05) is 11.5 Å². The molecule has 0 atom stereocenters. The number of hydrogen-bond donors (Lipinski definition) is 0. The number of carbonyl (C=O) groups excluding carboxylic acids is 2. The molecule has 2 aromatic rings. The van der Waals surface area contributed by atoms with Crippen LogP contribution in [0.1, 0.15) is 12.5 Å². The zero-order chi connectivity index (χ0) is 20.3. The Balaban J connectivity index is 1.90. The molecule has 0 bridgehead atoms. The lowest BCUT2D eigenvalue weighted by molar-refractivity contribution is -0.113. The molecule has 9 heteroatoms. The average molecular weight is 426 g/mol. The van der Waals surface area contributed by atoms with Crippen molar-refractivity contribution in [3.05, 3.63) is 58.0 Å². The highest BCUT2D eigenvalue weighted by Crippen LogP contribution is 2.37. The number of anilines is 1. The molecule has 28 heavy (non-hydrogen) atoms. The van der Waals surface area contributed by atoms with Crippen LogP contribution < -0.4 is 14.4 Å². The fraction of sp³-hybridized carbons (Fsp3) is 0.158. The lowest BCUT2D eigenvalue weighted by Gasteiger charge is -2.12. The first-order valence-electron chi connectivity index (χ1n) is 8.14. The number of nitrogens with zero attached hydrogens (tertiary/aromatic N) is 1. The molecule has 5 nitrogen and oxygen atoms in total. The van der Waals surface area contributed by atoms with E-state index in [-0.39, 0.29) is 23.0 Å². The molecule has 0 spiro atoms. The zero-order valence-corrected chi connectivity index (χ0v) is 16.1. The average Bonchev–Trinajstić information content (AvgIpc) is 2.90. The summed E-state index contributed by atoms with van der Waals surface area (Å²) in [5, 5.41) is -0.0577. The molecule has 1 heterocycles. The van der Waals surface area contributed by atoms with E-state index in [1.807, 2.05) is 0 Å². The number of halogens is 3. The van der Waals surface area contributed by atoms with E-state index >= 15 is 0 Å². The van der Waals surface area contributed by atoms with Crippen molar-refractivity contribution in [3.63, 3.8) is 0 Å². The number of benzene rings is 2. The van der Waals surface area contributed by atoms with Gasteiger partial charge in [-0.2, -0.15) is 8.78 Å². The molecule has 1 fully saturated rings. The van der Waals surface area contributed by atoms with E-state index in [1.165, 1.54) is 30.3 Å². The molecule has 3 rings (SSSR count). The Morgan fingerprint density at radius 1 is 1.18 bits per heavy atom. The van der Waals surface area contributed by atoms with Gasteiger partial charge in [0, 0.05) is 5.02 Å². The Morgan fingerprint density at radius 3 is 2.64 bits per heavy atom. The molecule has 0 radical (unpaired) electrons. The molecule has 0 aromatic heterocycles. The second-order valence-corrected chi connectivity index (χ2v) is 6.94. The summed E-state index contributed by atoms with van der Waals surface area (Å²) in [6.45, 7) is -1.04. The Bertz CT molecular complexity index is 951. The number of rotatable bonds is 6. The number of amides is 2. The predicted molar refractivity (Wildman–Crippen MR) is 104 cm³/mol. The molecule has 2 aromatic carbocycles. The smallest absolute Gasteiger partial charge is 0.387 e. The SMILES string of the molecule is CCOc1cc(/C=C2/SC(=O)N(c3cccc(Cl)c3)C2=O)ccc1OC(F)F. The minimum absolute atomic E-state index is 0.110. The third-order valence-corrected chi connectivity index (χ3v) is 4.75. The topological polar surface area (TPSA) is 55.8 Å². The largest absolute Gasteiger partial charge is 0.490 e. The van der Waals surface area contributed by atoms with Gasteiger partial charge in [0.05, 0.1) is 17.2 Å². The Kier molecular flexibility index (Phi) is 6.21. The van der Waals surface area contributed by atoms with Gasteiger partial charge in [-0.15, -0.1) is 0 Å². The number of hydrogen-bond acceptors (Lipinski definition) is 5. The van der Waals surface area contributed by atoms with E-state index in [1.54, 1.807) is 25.1 Å². The van der Waals surface area contributed by atoms with Crippen LogP contribution in [-0.2, 0) is 4.79 Å². The summed E-state index contributed by atoms with van der Waals surface area (Å²) in [4.78, 5) is 26.2. The predicted octanol–water partition coefficient (Wildman–Crippen LogP) is 5.58. The van der Waals surface area contributed by atoms with Crippen molar-refractivity contribution in [1.29, 1.82) is 0 Å². The highest BCUT2D eigenvalue weighted by Gasteiger charge is 2.36. The fourth-order valence-electron chi connectivity index (χ4n) is 2.53. The summed E-state index contributed by atoms with van der Waals surface area (Å²) in [7, 11) is 0. The molecule has 146 valence electrons. The first-order chi connectivity index (χ1) is 13.4. The van der Waals surface area contributed by atoms with Crippen LogP contribution >= 0.6 is 23.4 Å². The van der Waals surface area contributed by atoms with Gasteiger partial charge in [0.2, 0.25) is 0 Å². The molecule has 0 aliphatic carbocycles. The van der Waals surface area contributed by atoms with Crippen LogP contribution in [0, 0.1) is 0 Å². The van der Waals surface area contributed by atoms with Gasteiger partial charge in [0.25, 0.3) is 11.1 Å². The molecule has 1 aliphatic heterocycles. The van der Waals surface area contributed by atoms with Crippen LogP contribution in [0.3, 0.4) is 0 Å². The monoisotopic (exact) mass is 425 g/mol. The molecule has 2 amide bonds. The van der Waals surface area contributed by atoms with Crippen molar-refractivity contribution < 1.29 is 27.8 Å². The quantitative estimate of drug-likeness (QED) is 0.565. The Morgan fingerprint density at radius 2 is 1.96 bits per heavy atom. The number of carbonyl (C=O) groups is 2. The standard InChI is InChI=1S/C19H14ClF2NO4S/c1-2-26-15-8-11(6-7-14(15)27-18(21)22)9-16-17(24)23(19(25)28-16)13-5-3-4-12(20)10-13/h3-10,18H,2H2,1H3/b16-9+. The van der Waals surface area contributed by atoms with E-state index in [0.717, 1.165) is 16.7 Å². The summed E-state index contributed by atoms with van der Waals surface area (Å²) in [5.74, 6) is -0.491. The van der Waals surface area contributed by atoms with Gasteiger partial charge < -0.3 is 9.47 Å². The van der Waals surface area contributed by atoms with Crippen LogP contribution in [0.15, 0.2) is 47.4 Å². The molecule has 1 aliphatic rings. The number of imide groups is 1. The highest BCUT2D eigenvalue weighted by atomic mass is 35.5. The van der Waals surface area contributed by atoms with Gasteiger partial charge in [-0.1, -0.05) is 23.7 Å². The van der Waals surface area contributed by atoms with Gasteiger partial charge in [-0.3, -0.25) is 9.59 Å². The van der Waals surface area contributed by atoms with Crippen LogP contribution in [0.4, 0.5) is 19.3 Å². The molecule has 0 N–H and O–H groups in total. The van der Waals surface area contributed by atoms with Gasteiger partial charge in [-0.25, -0.2) is 4.90 Å². The van der Waals surface area contributed by atoms with E-state index < -0.39 is 17.8 Å². The van der Waals surface area contributed by atoms with E-state index in [0.29, 0.717) is 16.3 Å². The van der Waals surface area contributed by atoms with Crippen molar-refractivity contribution in [1.82, 2.24) is 0 Å². The number of ether oxygens (including phenoxy) is 2. The Labute approximate surface area is 168 Å². The van der Waals surface area contributed by atoms with E-state index in [4.69, 9.17) is 16.3 Å². The highest BCUT2D eigenvalue weighted by molar-refractivity contribution is 8.19. The first kappa shape index (κ1) is 20.2. The van der Waals surface area contributed by atoms with Gasteiger partial charge in [0.1, 0.15) is 0 Å². The van der Waals surface area contributed by atoms with Crippen molar-refractivity contribution in [3.8, 4) is 11.5 Å². The lowest BCUT2D eigenvalue weighted by atomic mass is 10.2. The second kappa shape index (κ2) is 8.62. The minimum Gasteiger partial charge on any atom is -0.490 e. The fourth-order valence-corrected chi connectivity index (χ4v) is 3.56. The molecule has 0 saturated carbocycles.